The second kappa shape index (κ2) is 6.76. The standard InChI is InChI=1S/C22H16FN3/c23-17-10-6-9-16(13-17)18-14-20(15-7-2-1-3-8-15)26-22(21(18)24)19-11-4-5-12-25-19/h1-14H,24H2. The predicted octanol–water partition coefficient (Wildman–Crippen LogP) is 5.20. The van der Waals surface area contributed by atoms with Crippen LogP contribution in [0, 0.1) is 5.82 Å². The van der Waals surface area contributed by atoms with Crippen LogP contribution in [0.3, 0.4) is 0 Å². The zero-order valence-corrected chi connectivity index (χ0v) is 13.9. The molecular formula is C22H16FN3. The van der Waals surface area contributed by atoms with E-state index >= 15 is 0 Å². The van der Waals surface area contributed by atoms with Crippen molar-refractivity contribution in [3.05, 3.63) is 90.9 Å². The van der Waals surface area contributed by atoms with Gasteiger partial charge in [0.2, 0.25) is 0 Å². The molecule has 0 aliphatic rings. The average molecular weight is 341 g/mol. The first kappa shape index (κ1) is 16.0. The minimum absolute atomic E-state index is 0.306. The summed E-state index contributed by atoms with van der Waals surface area (Å²) >= 11 is 0. The third kappa shape index (κ3) is 3.05. The van der Waals surface area contributed by atoms with Crippen LogP contribution in [0.25, 0.3) is 33.8 Å². The van der Waals surface area contributed by atoms with Crippen LogP contribution in [0.15, 0.2) is 85.1 Å². The normalized spacial score (nSPS) is 10.7. The van der Waals surface area contributed by atoms with Gasteiger partial charge in [0, 0.05) is 17.3 Å². The Bertz CT molecular complexity index is 1050. The second-order valence-corrected chi connectivity index (χ2v) is 5.91. The van der Waals surface area contributed by atoms with Gasteiger partial charge in [-0.1, -0.05) is 48.5 Å². The molecule has 0 bridgehead atoms. The van der Waals surface area contributed by atoms with Crippen molar-refractivity contribution < 1.29 is 4.39 Å². The summed E-state index contributed by atoms with van der Waals surface area (Å²) in [5, 5.41) is 0. The monoisotopic (exact) mass is 341 g/mol. The van der Waals surface area contributed by atoms with E-state index in [0.29, 0.717) is 22.6 Å². The molecule has 126 valence electrons. The summed E-state index contributed by atoms with van der Waals surface area (Å²) in [7, 11) is 0. The number of pyridine rings is 2. The molecule has 0 saturated carbocycles. The molecule has 4 aromatic rings. The molecule has 0 spiro atoms. The first-order chi connectivity index (χ1) is 12.7. The Balaban J connectivity index is 1.99. The van der Waals surface area contributed by atoms with Crippen molar-refractivity contribution in [1.29, 1.82) is 0 Å². The van der Waals surface area contributed by atoms with Gasteiger partial charge in [0.25, 0.3) is 0 Å². The topological polar surface area (TPSA) is 51.8 Å². The van der Waals surface area contributed by atoms with Crippen LogP contribution in [0.2, 0.25) is 0 Å². The highest BCUT2D eigenvalue weighted by Gasteiger charge is 2.15. The van der Waals surface area contributed by atoms with Crippen molar-refractivity contribution in [2.75, 3.05) is 5.73 Å². The first-order valence-electron chi connectivity index (χ1n) is 8.25. The van der Waals surface area contributed by atoms with E-state index in [-0.39, 0.29) is 5.82 Å². The van der Waals surface area contributed by atoms with Gasteiger partial charge in [0.05, 0.1) is 17.1 Å². The molecule has 0 unspecified atom stereocenters. The Hall–Kier alpha value is -3.53. The quantitative estimate of drug-likeness (QED) is 0.557. The number of rotatable bonds is 3. The molecule has 4 rings (SSSR count). The molecule has 0 aliphatic heterocycles. The Morgan fingerprint density at radius 1 is 0.731 bits per heavy atom. The lowest BCUT2D eigenvalue weighted by molar-refractivity contribution is 0.628. The Morgan fingerprint density at radius 2 is 1.50 bits per heavy atom. The summed E-state index contributed by atoms with van der Waals surface area (Å²) in [6, 6.07) is 23.7. The second-order valence-electron chi connectivity index (χ2n) is 5.91. The molecule has 0 amide bonds. The minimum Gasteiger partial charge on any atom is -0.396 e. The molecule has 2 aromatic heterocycles. The lowest BCUT2D eigenvalue weighted by Gasteiger charge is -2.14. The van der Waals surface area contributed by atoms with E-state index < -0.39 is 0 Å². The molecule has 26 heavy (non-hydrogen) atoms. The Kier molecular flexibility index (Phi) is 4.15. The third-order valence-corrected chi connectivity index (χ3v) is 4.17. The number of nitrogens with zero attached hydrogens (tertiary/aromatic N) is 2. The van der Waals surface area contributed by atoms with Crippen molar-refractivity contribution in [3.8, 4) is 33.8 Å². The zero-order valence-electron chi connectivity index (χ0n) is 13.9. The highest BCUT2D eigenvalue weighted by Crippen LogP contribution is 2.36. The van der Waals surface area contributed by atoms with Gasteiger partial charge in [0.15, 0.2) is 0 Å². The van der Waals surface area contributed by atoms with Crippen molar-refractivity contribution in [2.24, 2.45) is 0 Å². The summed E-state index contributed by atoms with van der Waals surface area (Å²) < 4.78 is 13.8. The van der Waals surface area contributed by atoms with Crippen molar-refractivity contribution in [3.63, 3.8) is 0 Å². The maximum absolute atomic E-state index is 13.8. The smallest absolute Gasteiger partial charge is 0.123 e. The maximum Gasteiger partial charge on any atom is 0.123 e. The molecule has 2 heterocycles. The molecule has 0 saturated heterocycles. The summed E-state index contributed by atoms with van der Waals surface area (Å²) in [4.78, 5) is 9.12. The van der Waals surface area contributed by atoms with Crippen LogP contribution in [0.1, 0.15) is 0 Å². The third-order valence-electron chi connectivity index (χ3n) is 4.17. The van der Waals surface area contributed by atoms with Gasteiger partial charge in [-0.15, -0.1) is 0 Å². The highest BCUT2D eigenvalue weighted by molar-refractivity contribution is 5.88. The molecule has 0 aliphatic carbocycles. The number of anilines is 1. The highest BCUT2D eigenvalue weighted by atomic mass is 19.1. The van der Waals surface area contributed by atoms with Gasteiger partial charge in [-0.25, -0.2) is 9.37 Å². The van der Waals surface area contributed by atoms with Gasteiger partial charge in [-0.2, -0.15) is 0 Å². The SMILES string of the molecule is Nc1c(-c2cccc(F)c2)cc(-c2ccccc2)nc1-c1ccccn1. The summed E-state index contributed by atoms with van der Waals surface area (Å²) in [6.45, 7) is 0. The summed E-state index contributed by atoms with van der Waals surface area (Å²) in [5.74, 6) is -0.306. The fourth-order valence-corrected chi connectivity index (χ4v) is 2.90. The maximum atomic E-state index is 13.8. The molecule has 3 nitrogen and oxygen atoms in total. The minimum atomic E-state index is -0.306. The van der Waals surface area contributed by atoms with Crippen LogP contribution < -0.4 is 5.73 Å². The van der Waals surface area contributed by atoms with Gasteiger partial charge in [0.1, 0.15) is 11.5 Å². The molecular weight excluding hydrogens is 325 g/mol. The van der Waals surface area contributed by atoms with Crippen molar-refractivity contribution >= 4 is 5.69 Å². The van der Waals surface area contributed by atoms with E-state index in [4.69, 9.17) is 10.7 Å². The number of halogens is 1. The average Bonchev–Trinajstić information content (AvgIpc) is 2.69. The first-order valence-corrected chi connectivity index (χ1v) is 8.25. The number of nitrogen functional groups attached to an aromatic ring is 1. The number of nitrogens with two attached hydrogens (primary N) is 1. The number of aromatic nitrogens is 2. The largest absolute Gasteiger partial charge is 0.396 e. The van der Waals surface area contributed by atoms with E-state index in [0.717, 1.165) is 16.8 Å². The Labute approximate surface area is 151 Å². The summed E-state index contributed by atoms with van der Waals surface area (Å²) in [5.41, 5.74) is 11.3. The summed E-state index contributed by atoms with van der Waals surface area (Å²) in [6.07, 6.45) is 1.70. The van der Waals surface area contributed by atoms with Crippen LogP contribution in [0.5, 0.6) is 0 Å². The van der Waals surface area contributed by atoms with E-state index in [9.17, 15) is 4.39 Å². The van der Waals surface area contributed by atoms with Gasteiger partial charge in [-0.05, 0) is 35.9 Å². The van der Waals surface area contributed by atoms with Crippen molar-refractivity contribution in [1.82, 2.24) is 9.97 Å². The molecule has 2 N–H and O–H groups in total. The number of hydrogen-bond acceptors (Lipinski definition) is 3. The van der Waals surface area contributed by atoms with E-state index in [1.54, 1.807) is 12.3 Å². The number of benzene rings is 2. The molecule has 4 heteroatoms. The predicted molar refractivity (Wildman–Crippen MR) is 103 cm³/mol. The van der Waals surface area contributed by atoms with E-state index in [1.165, 1.54) is 12.1 Å². The number of hydrogen-bond donors (Lipinski definition) is 1. The Morgan fingerprint density at radius 3 is 2.23 bits per heavy atom. The fraction of sp³-hybridized carbons (Fsp3) is 0. The fourth-order valence-electron chi connectivity index (χ4n) is 2.90. The van der Waals surface area contributed by atoms with Crippen LogP contribution in [0.4, 0.5) is 10.1 Å². The van der Waals surface area contributed by atoms with Crippen molar-refractivity contribution in [2.45, 2.75) is 0 Å². The lowest BCUT2D eigenvalue weighted by Crippen LogP contribution is -2.00. The molecule has 2 aromatic carbocycles. The zero-order chi connectivity index (χ0) is 17.9. The van der Waals surface area contributed by atoms with Gasteiger partial charge < -0.3 is 5.73 Å². The molecule has 0 atom stereocenters. The van der Waals surface area contributed by atoms with E-state index in [1.807, 2.05) is 60.7 Å². The van der Waals surface area contributed by atoms with Crippen LogP contribution in [-0.2, 0) is 0 Å². The molecule has 0 fully saturated rings. The van der Waals surface area contributed by atoms with Crippen LogP contribution >= 0.6 is 0 Å². The molecule has 0 radical (unpaired) electrons. The van der Waals surface area contributed by atoms with E-state index in [2.05, 4.69) is 4.98 Å². The lowest BCUT2D eigenvalue weighted by atomic mass is 9.99. The van der Waals surface area contributed by atoms with Gasteiger partial charge in [-0.3, -0.25) is 4.98 Å². The van der Waals surface area contributed by atoms with Gasteiger partial charge >= 0.3 is 0 Å². The van der Waals surface area contributed by atoms with Crippen LogP contribution in [-0.4, -0.2) is 9.97 Å².